The van der Waals surface area contributed by atoms with E-state index in [1.807, 2.05) is 6.92 Å². The zero-order valence-corrected chi connectivity index (χ0v) is 10.4. The molecule has 8 heteroatoms. The molecule has 0 fully saturated rings. The summed E-state index contributed by atoms with van der Waals surface area (Å²) >= 11 is 0. The van der Waals surface area contributed by atoms with Crippen LogP contribution in [0.5, 0.6) is 0 Å². The number of anilines is 1. The molecule has 98 valence electrons. The lowest BCUT2D eigenvalue weighted by Gasteiger charge is -2.12. The molecule has 0 spiro atoms. The van der Waals surface area contributed by atoms with Crippen molar-refractivity contribution in [3.05, 3.63) is 27.9 Å². The average Bonchev–Trinajstić information content (AvgIpc) is 2.28. The van der Waals surface area contributed by atoms with Gasteiger partial charge in [-0.15, -0.1) is 0 Å². The van der Waals surface area contributed by atoms with Gasteiger partial charge in [0.15, 0.2) is 0 Å². The van der Waals surface area contributed by atoms with Crippen LogP contribution in [-0.2, 0) is 0 Å². The van der Waals surface area contributed by atoms with Gasteiger partial charge in [-0.25, -0.2) is 9.99 Å². The van der Waals surface area contributed by atoms with Crippen molar-refractivity contribution in [2.24, 2.45) is 0 Å². The van der Waals surface area contributed by atoms with Crippen molar-refractivity contribution in [1.29, 1.82) is 0 Å². The fourth-order valence-corrected chi connectivity index (χ4v) is 1.32. The molecule has 0 atom stereocenters. The molecule has 1 aromatic rings. The number of hydrogen-bond acceptors (Lipinski definition) is 6. The highest BCUT2D eigenvalue weighted by atomic mass is 16.6. The predicted octanol–water partition coefficient (Wildman–Crippen LogP) is 0.628. The smallest absolute Gasteiger partial charge is 0.300 e. The number of carbonyl (C=O) groups is 1. The molecule has 0 unspecified atom stereocenters. The fourth-order valence-electron chi connectivity index (χ4n) is 1.32. The summed E-state index contributed by atoms with van der Waals surface area (Å²) in [7, 11) is 3.24. The monoisotopic (exact) mass is 253 g/mol. The minimum atomic E-state index is -0.632. The maximum absolute atomic E-state index is 11.8. The van der Waals surface area contributed by atoms with Gasteiger partial charge in [-0.1, -0.05) is 0 Å². The molecule has 2 N–H and O–H groups in total. The van der Waals surface area contributed by atoms with E-state index in [0.717, 1.165) is 6.20 Å². The van der Waals surface area contributed by atoms with Crippen LogP contribution in [0.2, 0.25) is 0 Å². The molecular weight excluding hydrogens is 238 g/mol. The molecule has 0 aliphatic carbocycles. The summed E-state index contributed by atoms with van der Waals surface area (Å²) in [5.41, 5.74) is 2.11. The molecule has 0 aromatic carbocycles. The molecule has 0 aliphatic rings. The van der Waals surface area contributed by atoms with Crippen LogP contribution in [0, 0.1) is 10.1 Å². The van der Waals surface area contributed by atoms with E-state index >= 15 is 0 Å². The molecule has 0 saturated carbocycles. The molecule has 1 heterocycles. The molecule has 1 rings (SSSR count). The first-order valence-electron chi connectivity index (χ1n) is 5.32. The van der Waals surface area contributed by atoms with Crippen LogP contribution in [-0.4, -0.2) is 41.5 Å². The van der Waals surface area contributed by atoms with E-state index < -0.39 is 10.8 Å². The van der Waals surface area contributed by atoms with Crippen molar-refractivity contribution < 1.29 is 9.72 Å². The maximum Gasteiger partial charge on any atom is 0.300 e. The van der Waals surface area contributed by atoms with Crippen LogP contribution < -0.4 is 10.7 Å². The van der Waals surface area contributed by atoms with Gasteiger partial charge < -0.3 is 5.32 Å². The van der Waals surface area contributed by atoms with Crippen LogP contribution in [0.1, 0.15) is 17.3 Å². The molecule has 0 saturated heterocycles. The second-order valence-electron chi connectivity index (χ2n) is 3.71. The van der Waals surface area contributed by atoms with E-state index in [4.69, 9.17) is 0 Å². The van der Waals surface area contributed by atoms with Crippen LogP contribution in [0.3, 0.4) is 0 Å². The van der Waals surface area contributed by atoms with Gasteiger partial charge in [0.05, 0.1) is 4.92 Å². The molecular formula is C10H15N5O3. The summed E-state index contributed by atoms with van der Waals surface area (Å²) in [5, 5.41) is 15.1. The fraction of sp³-hybridized carbons (Fsp3) is 0.400. The number of rotatable bonds is 5. The van der Waals surface area contributed by atoms with Gasteiger partial charge in [-0.05, 0) is 6.92 Å². The average molecular weight is 253 g/mol. The number of carbonyl (C=O) groups excluding carboxylic acids is 1. The third-order valence-corrected chi connectivity index (χ3v) is 2.01. The van der Waals surface area contributed by atoms with Gasteiger partial charge in [-0.2, -0.15) is 0 Å². The molecule has 1 aromatic heterocycles. The van der Waals surface area contributed by atoms with E-state index in [0.29, 0.717) is 12.4 Å². The standard InChI is InChI=1S/C10H15N5O3/c1-4-11-9-5-7(10(16)13-14(2)3)8(6-12-9)15(17)18/h5-6H,4H2,1-3H3,(H,11,12)(H,13,16). The van der Waals surface area contributed by atoms with Gasteiger partial charge in [0.2, 0.25) is 0 Å². The van der Waals surface area contributed by atoms with E-state index in [9.17, 15) is 14.9 Å². The van der Waals surface area contributed by atoms with Gasteiger partial charge >= 0.3 is 0 Å². The van der Waals surface area contributed by atoms with Crippen LogP contribution in [0.15, 0.2) is 12.3 Å². The van der Waals surface area contributed by atoms with E-state index in [1.54, 1.807) is 14.1 Å². The first-order chi connectivity index (χ1) is 8.45. The van der Waals surface area contributed by atoms with Crippen LogP contribution >= 0.6 is 0 Å². The van der Waals surface area contributed by atoms with Gasteiger partial charge in [-0.3, -0.25) is 20.3 Å². The van der Waals surface area contributed by atoms with Crippen molar-refractivity contribution in [3.8, 4) is 0 Å². The quantitative estimate of drug-likeness (QED) is 0.589. The van der Waals surface area contributed by atoms with E-state index in [2.05, 4.69) is 15.7 Å². The lowest BCUT2D eigenvalue weighted by molar-refractivity contribution is -0.385. The number of aromatic nitrogens is 1. The summed E-state index contributed by atoms with van der Waals surface area (Å²) in [6, 6.07) is 1.36. The Hall–Kier alpha value is -2.22. The first kappa shape index (κ1) is 13.8. The SMILES string of the molecule is CCNc1cc(C(=O)NN(C)C)c([N+](=O)[O-])cn1. The molecule has 8 nitrogen and oxygen atoms in total. The van der Waals surface area contributed by atoms with Crippen molar-refractivity contribution in [2.75, 3.05) is 26.0 Å². The Labute approximate surface area is 104 Å². The number of nitrogens with one attached hydrogen (secondary N) is 2. The topological polar surface area (TPSA) is 100 Å². The lowest BCUT2D eigenvalue weighted by atomic mass is 10.2. The minimum Gasteiger partial charge on any atom is -0.370 e. The summed E-state index contributed by atoms with van der Waals surface area (Å²) in [6.45, 7) is 2.47. The Bertz CT molecular complexity index is 461. The van der Waals surface area contributed by atoms with Crippen LogP contribution in [0.25, 0.3) is 0 Å². The highest BCUT2D eigenvalue weighted by Gasteiger charge is 2.21. The molecule has 0 bridgehead atoms. The predicted molar refractivity (Wildman–Crippen MR) is 66.2 cm³/mol. The Morgan fingerprint density at radius 1 is 1.56 bits per heavy atom. The van der Waals surface area contributed by atoms with Crippen molar-refractivity contribution in [3.63, 3.8) is 0 Å². The number of amides is 1. The first-order valence-corrected chi connectivity index (χ1v) is 5.32. The Kier molecular flexibility index (Phi) is 4.55. The molecule has 0 radical (unpaired) electrons. The van der Waals surface area contributed by atoms with Gasteiger partial charge in [0.1, 0.15) is 17.6 Å². The van der Waals surface area contributed by atoms with Gasteiger partial charge in [0.25, 0.3) is 11.6 Å². The van der Waals surface area contributed by atoms with Crippen molar-refractivity contribution in [2.45, 2.75) is 6.92 Å². The number of hydrogen-bond donors (Lipinski definition) is 2. The molecule has 18 heavy (non-hydrogen) atoms. The number of nitro groups is 1. The number of pyridine rings is 1. The second kappa shape index (κ2) is 5.92. The third-order valence-electron chi connectivity index (χ3n) is 2.01. The normalized spacial score (nSPS) is 10.2. The zero-order valence-electron chi connectivity index (χ0n) is 10.4. The summed E-state index contributed by atoms with van der Waals surface area (Å²) in [5.74, 6) is -0.125. The second-order valence-corrected chi connectivity index (χ2v) is 3.71. The maximum atomic E-state index is 11.8. The third kappa shape index (κ3) is 3.39. The Morgan fingerprint density at radius 3 is 2.72 bits per heavy atom. The van der Waals surface area contributed by atoms with Crippen molar-refractivity contribution in [1.82, 2.24) is 15.4 Å². The summed E-state index contributed by atoms with van der Waals surface area (Å²) in [4.78, 5) is 25.9. The minimum absolute atomic E-state index is 0.0281. The summed E-state index contributed by atoms with van der Waals surface area (Å²) < 4.78 is 0. The number of nitrogens with zero attached hydrogens (tertiary/aromatic N) is 3. The highest BCUT2D eigenvalue weighted by molar-refractivity contribution is 5.98. The zero-order chi connectivity index (χ0) is 13.7. The largest absolute Gasteiger partial charge is 0.370 e. The number of hydrazine groups is 1. The summed E-state index contributed by atoms with van der Waals surface area (Å²) in [6.07, 6.45) is 1.07. The Balaban J connectivity index is 3.14. The van der Waals surface area contributed by atoms with Gasteiger partial charge in [0, 0.05) is 26.7 Å². The molecule has 0 aliphatic heterocycles. The van der Waals surface area contributed by atoms with Crippen molar-refractivity contribution >= 4 is 17.4 Å². The Morgan fingerprint density at radius 2 is 2.22 bits per heavy atom. The lowest BCUT2D eigenvalue weighted by Crippen LogP contribution is -2.36. The highest BCUT2D eigenvalue weighted by Crippen LogP contribution is 2.20. The molecule has 1 amide bonds. The van der Waals surface area contributed by atoms with E-state index in [1.165, 1.54) is 11.1 Å². The van der Waals surface area contributed by atoms with E-state index in [-0.39, 0.29) is 11.3 Å². The van der Waals surface area contributed by atoms with Crippen LogP contribution in [0.4, 0.5) is 11.5 Å².